The van der Waals surface area contributed by atoms with E-state index in [2.05, 4.69) is 12.2 Å². The molecule has 0 saturated heterocycles. The average Bonchev–Trinajstić information content (AvgIpc) is 2.99. The first kappa shape index (κ1) is 10.8. The molecule has 0 heterocycles. The van der Waals surface area contributed by atoms with Gasteiger partial charge in [-0.25, -0.2) is 0 Å². The molecule has 2 unspecified atom stereocenters. The van der Waals surface area contributed by atoms with E-state index in [0.717, 1.165) is 11.5 Å². The van der Waals surface area contributed by atoms with Crippen LogP contribution < -0.4 is 5.32 Å². The van der Waals surface area contributed by atoms with Gasteiger partial charge in [-0.05, 0) is 18.4 Å². The molecule has 2 N–H and O–H groups in total. The van der Waals surface area contributed by atoms with Crippen LogP contribution in [-0.2, 0) is 6.54 Å². The quantitative estimate of drug-likeness (QED) is 0.826. The molecule has 1 saturated carbocycles. The standard InChI is InChI=1S/C12H16ClNO/c1-2-8-6-11(8)14-7-9-4-3-5-10(13)12(9)15/h3-5,8,11,14-15H,2,6-7H2,1H3. The molecule has 15 heavy (non-hydrogen) atoms. The van der Waals surface area contributed by atoms with Crippen LogP contribution in [0.1, 0.15) is 25.3 Å². The molecule has 2 nitrogen and oxygen atoms in total. The van der Waals surface area contributed by atoms with Gasteiger partial charge in [-0.2, -0.15) is 0 Å². The van der Waals surface area contributed by atoms with Crippen LogP contribution >= 0.6 is 11.6 Å². The van der Waals surface area contributed by atoms with Gasteiger partial charge in [0.25, 0.3) is 0 Å². The third-order valence-corrected chi connectivity index (χ3v) is 3.38. The van der Waals surface area contributed by atoms with E-state index in [4.69, 9.17) is 11.6 Å². The minimum Gasteiger partial charge on any atom is -0.506 e. The van der Waals surface area contributed by atoms with Crippen LogP contribution in [0.15, 0.2) is 18.2 Å². The molecule has 1 fully saturated rings. The van der Waals surface area contributed by atoms with E-state index < -0.39 is 0 Å². The predicted molar refractivity (Wildman–Crippen MR) is 62.1 cm³/mol. The largest absolute Gasteiger partial charge is 0.506 e. The number of phenols is 1. The van der Waals surface area contributed by atoms with Gasteiger partial charge in [0.15, 0.2) is 0 Å². The Balaban J connectivity index is 1.91. The van der Waals surface area contributed by atoms with Crippen molar-refractivity contribution in [2.45, 2.75) is 32.4 Å². The van der Waals surface area contributed by atoms with E-state index in [-0.39, 0.29) is 5.75 Å². The highest BCUT2D eigenvalue weighted by Gasteiger charge is 2.34. The fourth-order valence-corrected chi connectivity index (χ4v) is 2.09. The summed E-state index contributed by atoms with van der Waals surface area (Å²) in [6.07, 6.45) is 2.50. The first-order chi connectivity index (χ1) is 7.22. The van der Waals surface area contributed by atoms with Crippen molar-refractivity contribution in [3.8, 4) is 5.75 Å². The van der Waals surface area contributed by atoms with E-state index in [9.17, 15) is 5.11 Å². The molecule has 3 heteroatoms. The number of hydrogen-bond acceptors (Lipinski definition) is 2. The lowest BCUT2D eigenvalue weighted by Crippen LogP contribution is -2.17. The lowest BCUT2D eigenvalue weighted by Gasteiger charge is -2.07. The highest BCUT2D eigenvalue weighted by Crippen LogP contribution is 2.34. The summed E-state index contributed by atoms with van der Waals surface area (Å²) >= 11 is 5.82. The van der Waals surface area contributed by atoms with E-state index in [0.29, 0.717) is 17.6 Å². The van der Waals surface area contributed by atoms with Crippen molar-refractivity contribution in [1.82, 2.24) is 5.32 Å². The number of nitrogens with one attached hydrogen (secondary N) is 1. The van der Waals surface area contributed by atoms with Gasteiger partial charge in [0.05, 0.1) is 5.02 Å². The van der Waals surface area contributed by atoms with Gasteiger partial charge in [-0.15, -0.1) is 0 Å². The van der Waals surface area contributed by atoms with Crippen molar-refractivity contribution in [2.24, 2.45) is 5.92 Å². The summed E-state index contributed by atoms with van der Waals surface area (Å²) in [4.78, 5) is 0. The zero-order valence-electron chi connectivity index (χ0n) is 8.83. The smallest absolute Gasteiger partial charge is 0.138 e. The summed E-state index contributed by atoms with van der Waals surface area (Å²) in [7, 11) is 0. The maximum absolute atomic E-state index is 9.68. The minimum atomic E-state index is 0.209. The molecule has 0 aromatic heterocycles. The maximum atomic E-state index is 9.68. The SMILES string of the molecule is CCC1CC1NCc1cccc(Cl)c1O. The van der Waals surface area contributed by atoms with Gasteiger partial charge < -0.3 is 10.4 Å². The lowest BCUT2D eigenvalue weighted by molar-refractivity contribution is 0.463. The van der Waals surface area contributed by atoms with Crippen LogP contribution in [-0.4, -0.2) is 11.1 Å². The highest BCUT2D eigenvalue weighted by molar-refractivity contribution is 6.32. The molecule has 2 rings (SSSR count). The molecule has 0 spiro atoms. The van der Waals surface area contributed by atoms with Crippen LogP contribution in [0.25, 0.3) is 0 Å². The average molecular weight is 226 g/mol. The van der Waals surface area contributed by atoms with Crippen LogP contribution in [0.4, 0.5) is 0 Å². The number of phenolic OH excluding ortho intramolecular Hbond substituents is 1. The normalized spacial score (nSPS) is 24.1. The Labute approximate surface area is 95.3 Å². The van der Waals surface area contributed by atoms with Crippen molar-refractivity contribution < 1.29 is 5.11 Å². The second-order valence-corrected chi connectivity index (χ2v) is 4.55. The van der Waals surface area contributed by atoms with Crippen molar-refractivity contribution >= 4 is 11.6 Å². The van der Waals surface area contributed by atoms with Crippen molar-refractivity contribution in [3.05, 3.63) is 28.8 Å². The second-order valence-electron chi connectivity index (χ2n) is 4.14. The number of para-hydroxylation sites is 1. The van der Waals surface area contributed by atoms with Gasteiger partial charge >= 0.3 is 0 Å². The topological polar surface area (TPSA) is 32.3 Å². The van der Waals surface area contributed by atoms with Gasteiger partial charge in [0.1, 0.15) is 5.75 Å². The third-order valence-electron chi connectivity index (χ3n) is 3.07. The Bertz CT molecular complexity index is 353. The molecule has 82 valence electrons. The Morgan fingerprint density at radius 1 is 1.53 bits per heavy atom. The molecule has 1 aromatic carbocycles. The minimum absolute atomic E-state index is 0.209. The number of aromatic hydroxyl groups is 1. The maximum Gasteiger partial charge on any atom is 0.138 e. The van der Waals surface area contributed by atoms with Crippen LogP contribution in [0.3, 0.4) is 0 Å². The van der Waals surface area contributed by atoms with E-state index >= 15 is 0 Å². The monoisotopic (exact) mass is 225 g/mol. The molecule has 0 radical (unpaired) electrons. The molecule has 0 amide bonds. The number of benzene rings is 1. The Hall–Kier alpha value is -0.730. The summed E-state index contributed by atoms with van der Waals surface area (Å²) in [6.45, 7) is 2.91. The first-order valence-corrected chi connectivity index (χ1v) is 5.80. The molecule has 2 atom stereocenters. The van der Waals surface area contributed by atoms with Gasteiger partial charge in [-0.1, -0.05) is 37.1 Å². The zero-order chi connectivity index (χ0) is 10.8. The second kappa shape index (κ2) is 4.42. The zero-order valence-corrected chi connectivity index (χ0v) is 9.59. The molecule has 1 aromatic rings. The van der Waals surface area contributed by atoms with Gasteiger partial charge in [-0.3, -0.25) is 0 Å². The molecule has 0 bridgehead atoms. The summed E-state index contributed by atoms with van der Waals surface area (Å²) < 4.78 is 0. The van der Waals surface area contributed by atoms with Crippen LogP contribution in [0.2, 0.25) is 5.02 Å². The summed E-state index contributed by atoms with van der Waals surface area (Å²) in [6, 6.07) is 6.10. The Morgan fingerprint density at radius 3 is 3.00 bits per heavy atom. The van der Waals surface area contributed by atoms with Crippen LogP contribution in [0.5, 0.6) is 5.75 Å². The number of rotatable bonds is 4. The van der Waals surface area contributed by atoms with Crippen LogP contribution in [0, 0.1) is 5.92 Å². The molecular weight excluding hydrogens is 210 g/mol. The van der Waals surface area contributed by atoms with Crippen molar-refractivity contribution in [1.29, 1.82) is 0 Å². The molecule has 0 aliphatic heterocycles. The third kappa shape index (κ3) is 2.44. The summed E-state index contributed by atoms with van der Waals surface area (Å²) in [5.41, 5.74) is 0.879. The summed E-state index contributed by atoms with van der Waals surface area (Å²) in [5.74, 6) is 1.03. The molecule has 1 aliphatic rings. The number of hydrogen-bond donors (Lipinski definition) is 2. The van der Waals surface area contributed by atoms with E-state index in [1.54, 1.807) is 6.07 Å². The van der Waals surface area contributed by atoms with Crippen molar-refractivity contribution in [2.75, 3.05) is 0 Å². The Morgan fingerprint density at radius 2 is 2.33 bits per heavy atom. The lowest BCUT2D eigenvalue weighted by atomic mass is 10.2. The molecule has 1 aliphatic carbocycles. The molecular formula is C12H16ClNO. The first-order valence-electron chi connectivity index (χ1n) is 5.42. The fraction of sp³-hybridized carbons (Fsp3) is 0.500. The van der Waals surface area contributed by atoms with E-state index in [1.165, 1.54) is 12.8 Å². The summed E-state index contributed by atoms with van der Waals surface area (Å²) in [5, 5.41) is 13.5. The Kier molecular flexibility index (Phi) is 3.17. The van der Waals surface area contributed by atoms with Gasteiger partial charge in [0, 0.05) is 18.2 Å². The predicted octanol–water partition coefficient (Wildman–Crippen LogP) is 2.93. The van der Waals surface area contributed by atoms with Crippen molar-refractivity contribution in [3.63, 3.8) is 0 Å². The fourth-order valence-electron chi connectivity index (χ4n) is 1.89. The highest BCUT2D eigenvalue weighted by atomic mass is 35.5. The number of halogens is 1. The van der Waals surface area contributed by atoms with E-state index in [1.807, 2.05) is 12.1 Å². The van der Waals surface area contributed by atoms with Gasteiger partial charge in [0.2, 0.25) is 0 Å².